The molecule has 0 spiro atoms. The number of hydrogen-bond donors (Lipinski definition) is 1. The van der Waals surface area contributed by atoms with E-state index >= 15 is 0 Å². The second-order valence-corrected chi connectivity index (χ2v) is 11.4. The van der Waals surface area contributed by atoms with Crippen molar-refractivity contribution in [3.63, 3.8) is 0 Å². The van der Waals surface area contributed by atoms with E-state index in [0.717, 1.165) is 18.4 Å². The number of nitrogens with zero attached hydrogens (tertiary/aromatic N) is 6. The third-order valence-electron chi connectivity index (χ3n) is 7.95. The molecule has 3 aromatic heterocycles. The number of primary amides is 1. The van der Waals surface area contributed by atoms with Crippen LogP contribution in [0.4, 0.5) is 4.79 Å². The lowest BCUT2D eigenvalue weighted by atomic mass is 9.71. The summed E-state index contributed by atoms with van der Waals surface area (Å²) in [6.45, 7) is 5.47. The summed E-state index contributed by atoms with van der Waals surface area (Å²) < 4.78 is 9.00. The number of fused-ring (bicyclic) bond motifs is 1. The van der Waals surface area contributed by atoms with Gasteiger partial charge in [0.15, 0.2) is 5.65 Å². The van der Waals surface area contributed by atoms with E-state index in [0.29, 0.717) is 34.6 Å². The van der Waals surface area contributed by atoms with Gasteiger partial charge < -0.3 is 10.5 Å². The van der Waals surface area contributed by atoms with Crippen LogP contribution < -0.4 is 5.73 Å². The summed E-state index contributed by atoms with van der Waals surface area (Å²) in [5, 5.41) is 14.7. The maximum absolute atomic E-state index is 14.4. The smallest absolute Gasteiger partial charge is 0.405 e. The molecule has 1 fully saturated rings. The molecule has 2 N–H and O–H groups in total. The second-order valence-electron chi connectivity index (χ2n) is 11.4. The number of carbonyl (C=O) groups is 2. The third kappa shape index (κ3) is 4.62. The van der Waals surface area contributed by atoms with Gasteiger partial charge in [-0.3, -0.25) is 14.0 Å². The molecule has 1 aliphatic rings. The summed E-state index contributed by atoms with van der Waals surface area (Å²) in [7, 11) is 0. The highest BCUT2D eigenvalue weighted by Crippen LogP contribution is 2.45. The van der Waals surface area contributed by atoms with Crippen LogP contribution in [-0.4, -0.2) is 36.3 Å². The molecule has 1 aromatic carbocycles. The van der Waals surface area contributed by atoms with E-state index in [2.05, 4.69) is 21.1 Å². The fourth-order valence-corrected chi connectivity index (χ4v) is 6.03. The van der Waals surface area contributed by atoms with Crippen LogP contribution in [0.3, 0.4) is 0 Å². The zero-order chi connectivity index (χ0) is 28.5. The van der Waals surface area contributed by atoms with Gasteiger partial charge in [0.25, 0.3) is 5.91 Å². The quantitative estimate of drug-likeness (QED) is 0.321. The van der Waals surface area contributed by atoms with E-state index in [1.54, 1.807) is 42.7 Å². The van der Waals surface area contributed by atoms with Crippen LogP contribution in [0.15, 0.2) is 61.3 Å². The molecular formula is C30H33N7O3. The molecule has 2 atom stereocenters. The molecule has 4 aromatic rings. The largest absolute Gasteiger partial charge is 0.427 e. The number of hydrogen-bond acceptors (Lipinski definition) is 7. The van der Waals surface area contributed by atoms with Gasteiger partial charge in [-0.2, -0.15) is 10.4 Å². The van der Waals surface area contributed by atoms with Crippen molar-refractivity contribution in [2.45, 2.75) is 64.5 Å². The lowest BCUT2D eigenvalue weighted by Crippen LogP contribution is -2.53. The standard InChI is InChI=1S/C30H33N7O3/c1-29(2,3)30(40-28(32)39,22-11-5-4-6-12-22)27(38)36-16-14-23-25(33-19-34-26(23)36)21-17-35-37(18-21)24(13-15-31)20-9-7-8-10-20/h4-6,11-12,14,16-20,24H,7-10,13H2,1-3H3,(H2,32,39)/t24-,30+/m1/s1. The number of nitrogens with two attached hydrogens (primary N) is 1. The van der Waals surface area contributed by atoms with E-state index in [4.69, 9.17) is 10.5 Å². The Labute approximate surface area is 232 Å². The molecule has 0 bridgehead atoms. The second kappa shape index (κ2) is 10.6. The van der Waals surface area contributed by atoms with Gasteiger partial charge in [-0.1, -0.05) is 63.9 Å². The number of benzene rings is 1. The summed E-state index contributed by atoms with van der Waals surface area (Å²) in [6, 6.07) is 13.0. The van der Waals surface area contributed by atoms with Crippen LogP contribution in [0.5, 0.6) is 0 Å². The number of ether oxygens (including phenoxy) is 1. The van der Waals surface area contributed by atoms with Gasteiger partial charge >= 0.3 is 6.09 Å². The highest BCUT2D eigenvalue weighted by atomic mass is 16.6. The van der Waals surface area contributed by atoms with Crippen LogP contribution in [0.25, 0.3) is 22.3 Å². The average molecular weight is 540 g/mol. The first-order valence-corrected chi connectivity index (χ1v) is 13.5. The van der Waals surface area contributed by atoms with Crippen molar-refractivity contribution in [1.29, 1.82) is 5.26 Å². The van der Waals surface area contributed by atoms with Crippen molar-refractivity contribution in [3.8, 4) is 17.3 Å². The highest BCUT2D eigenvalue weighted by Gasteiger charge is 2.54. The van der Waals surface area contributed by atoms with Crippen LogP contribution >= 0.6 is 0 Å². The molecule has 10 nitrogen and oxygen atoms in total. The first-order chi connectivity index (χ1) is 19.2. The van der Waals surface area contributed by atoms with Gasteiger partial charge in [0.1, 0.15) is 6.33 Å². The Morgan fingerprint density at radius 3 is 2.52 bits per heavy atom. The molecule has 0 aliphatic heterocycles. The minimum Gasteiger partial charge on any atom is -0.427 e. The minimum atomic E-state index is -1.73. The van der Waals surface area contributed by atoms with Gasteiger partial charge in [0.05, 0.1) is 30.4 Å². The Balaban J connectivity index is 1.59. The zero-order valence-electron chi connectivity index (χ0n) is 22.9. The van der Waals surface area contributed by atoms with Gasteiger partial charge in [-0.15, -0.1) is 0 Å². The Kier molecular flexibility index (Phi) is 7.15. The van der Waals surface area contributed by atoms with E-state index in [9.17, 15) is 14.9 Å². The lowest BCUT2D eigenvalue weighted by molar-refractivity contribution is -0.0510. The van der Waals surface area contributed by atoms with Crippen LogP contribution in [0.1, 0.15) is 69.3 Å². The molecule has 0 saturated heterocycles. The van der Waals surface area contributed by atoms with Gasteiger partial charge in [-0.25, -0.2) is 14.8 Å². The number of carbonyl (C=O) groups excluding carboxylic acids is 2. The zero-order valence-corrected chi connectivity index (χ0v) is 22.9. The maximum atomic E-state index is 14.4. The molecule has 206 valence electrons. The molecule has 40 heavy (non-hydrogen) atoms. The van der Waals surface area contributed by atoms with Gasteiger partial charge in [-0.05, 0) is 24.8 Å². The van der Waals surface area contributed by atoms with E-state index < -0.39 is 23.0 Å². The van der Waals surface area contributed by atoms with Crippen molar-refractivity contribution >= 4 is 23.0 Å². The first-order valence-electron chi connectivity index (χ1n) is 13.5. The monoisotopic (exact) mass is 539 g/mol. The number of aromatic nitrogens is 5. The van der Waals surface area contributed by atoms with E-state index in [1.807, 2.05) is 37.7 Å². The number of amides is 1. The lowest BCUT2D eigenvalue weighted by Gasteiger charge is -2.42. The van der Waals surface area contributed by atoms with E-state index in [1.165, 1.54) is 23.7 Å². The molecule has 5 rings (SSSR count). The van der Waals surface area contributed by atoms with Crippen molar-refractivity contribution in [3.05, 3.63) is 66.9 Å². The van der Waals surface area contributed by atoms with Crippen LogP contribution in [0, 0.1) is 22.7 Å². The molecule has 1 saturated carbocycles. The highest BCUT2D eigenvalue weighted by molar-refractivity contribution is 6.00. The topological polar surface area (TPSA) is 142 Å². The number of nitriles is 1. The van der Waals surface area contributed by atoms with Crippen LogP contribution in [-0.2, 0) is 10.3 Å². The molecule has 1 aliphatic carbocycles. The molecule has 1 amide bonds. The average Bonchev–Trinajstić information content (AvgIpc) is 3.70. The van der Waals surface area contributed by atoms with Crippen molar-refractivity contribution in [2.24, 2.45) is 17.1 Å². The predicted molar refractivity (Wildman–Crippen MR) is 149 cm³/mol. The fourth-order valence-electron chi connectivity index (χ4n) is 6.03. The fraction of sp³-hybridized carbons (Fsp3) is 0.400. The molecule has 0 radical (unpaired) electrons. The Hall–Kier alpha value is -4.52. The summed E-state index contributed by atoms with van der Waals surface area (Å²) in [6.07, 6.45) is 10.5. The molecule has 3 heterocycles. The van der Waals surface area contributed by atoms with Gasteiger partial charge in [0.2, 0.25) is 5.60 Å². The Bertz CT molecular complexity index is 1570. The predicted octanol–water partition coefficient (Wildman–Crippen LogP) is 5.62. The third-order valence-corrected chi connectivity index (χ3v) is 7.95. The Morgan fingerprint density at radius 2 is 1.88 bits per heavy atom. The summed E-state index contributed by atoms with van der Waals surface area (Å²) in [5.74, 6) is -0.0825. The molecule has 10 heteroatoms. The van der Waals surface area contributed by atoms with Crippen molar-refractivity contribution in [2.75, 3.05) is 0 Å². The van der Waals surface area contributed by atoms with Crippen LogP contribution in [0.2, 0.25) is 0 Å². The number of rotatable bonds is 7. The summed E-state index contributed by atoms with van der Waals surface area (Å²) >= 11 is 0. The minimum absolute atomic E-state index is 0.00831. The summed E-state index contributed by atoms with van der Waals surface area (Å²) in [4.78, 5) is 35.6. The first kappa shape index (κ1) is 27.1. The maximum Gasteiger partial charge on any atom is 0.405 e. The molecule has 0 unspecified atom stereocenters. The SMILES string of the molecule is CC(C)(C)[C@@](OC(N)=O)(C(=O)n1ccc2c(-c3cnn([C@H](CC#N)C4CCCC4)c3)ncnc21)c1ccccc1. The van der Waals surface area contributed by atoms with Gasteiger partial charge in [0, 0.05) is 34.3 Å². The Morgan fingerprint density at radius 1 is 1.15 bits per heavy atom. The van der Waals surface area contributed by atoms with E-state index in [-0.39, 0.29) is 6.04 Å². The summed E-state index contributed by atoms with van der Waals surface area (Å²) in [5.41, 5.74) is 5.17. The van der Waals surface area contributed by atoms with Crippen molar-refractivity contribution in [1.82, 2.24) is 24.3 Å². The normalized spacial score (nSPS) is 16.4. The molecular weight excluding hydrogens is 506 g/mol. The van der Waals surface area contributed by atoms with Crippen molar-refractivity contribution < 1.29 is 14.3 Å².